The molecular formula is C19H14F10N4O2. The van der Waals surface area contributed by atoms with E-state index in [4.69, 9.17) is 5.84 Å². The molecule has 0 aromatic heterocycles. The predicted molar refractivity (Wildman–Crippen MR) is 101 cm³/mol. The van der Waals surface area contributed by atoms with E-state index in [1.165, 1.54) is 0 Å². The zero-order valence-corrected chi connectivity index (χ0v) is 17.2. The van der Waals surface area contributed by atoms with Crippen LogP contribution in [0.1, 0.15) is 16.7 Å². The van der Waals surface area contributed by atoms with E-state index in [2.05, 4.69) is 10.3 Å². The first-order chi connectivity index (χ1) is 15.9. The summed E-state index contributed by atoms with van der Waals surface area (Å²) in [6, 6.07) is -0.825. The summed E-state index contributed by atoms with van der Waals surface area (Å²) in [5.74, 6) is 4.12. The first kappa shape index (κ1) is 27.8. The van der Waals surface area contributed by atoms with Crippen LogP contribution >= 0.6 is 0 Å². The number of halogens is 10. The molecule has 2 rings (SSSR count). The van der Waals surface area contributed by atoms with Crippen LogP contribution < -0.4 is 16.2 Å². The van der Waals surface area contributed by atoms with Crippen LogP contribution in [0.25, 0.3) is 0 Å². The minimum atomic E-state index is -6.67. The number of aliphatic imine (C=N–C) groups is 1. The van der Waals surface area contributed by atoms with Crippen molar-refractivity contribution in [2.24, 2.45) is 10.8 Å². The number of hydrogen-bond donors (Lipinski definition) is 2. The first-order valence-electron chi connectivity index (χ1n) is 9.12. The number of nitrogens with one attached hydrogen (secondary N) is 1. The fourth-order valence-corrected chi connectivity index (χ4v) is 3.10. The number of carbonyl (C=O) groups is 2. The molecule has 0 aliphatic carbocycles. The highest BCUT2D eigenvalue weighted by Crippen LogP contribution is 2.54. The Labute approximate surface area is 189 Å². The number of nitrogens with zero attached hydrogens (tertiary/aromatic N) is 2. The van der Waals surface area contributed by atoms with E-state index in [0.29, 0.717) is 6.92 Å². The highest BCUT2D eigenvalue weighted by atomic mass is 19.4. The first-order valence-corrected chi connectivity index (χ1v) is 9.12. The molecule has 1 aromatic carbocycles. The van der Waals surface area contributed by atoms with Crippen molar-refractivity contribution >= 4 is 24.2 Å². The maximum Gasteiger partial charge on any atom is 0.435 e. The molecule has 0 fully saturated rings. The topological polar surface area (TPSA) is 87.8 Å². The molecule has 0 spiro atoms. The second-order valence-electron chi connectivity index (χ2n) is 7.03. The lowest BCUT2D eigenvalue weighted by atomic mass is 9.89. The molecule has 1 heterocycles. The van der Waals surface area contributed by atoms with E-state index < -0.39 is 64.1 Å². The van der Waals surface area contributed by atoms with Gasteiger partial charge in [-0.3, -0.25) is 14.6 Å². The van der Waals surface area contributed by atoms with Crippen LogP contribution in [0, 0.1) is 6.92 Å². The number of nitrogens with two attached hydrogens (primary N) is 1. The fraction of sp³-hybridized carbons (Fsp3) is 0.316. The molecule has 192 valence electrons. The van der Waals surface area contributed by atoms with Crippen LogP contribution in [0.4, 0.5) is 49.6 Å². The number of alkyl halides is 10. The highest BCUT2D eigenvalue weighted by Gasteiger charge is 2.73. The van der Waals surface area contributed by atoms with Crippen molar-refractivity contribution in [2.45, 2.75) is 31.1 Å². The molecule has 2 amide bonds. The number of benzene rings is 1. The van der Waals surface area contributed by atoms with Crippen LogP contribution in [-0.2, 0) is 21.4 Å². The van der Waals surface area contributed by atoms with Crippen molar-refractivity contribution in [3.8, 4) is 0 Å². The van der Waals surface area contributed by atoms with Crippen LogP contribution in [0.15, 0.2) is 40.5 Å². The molecule has 0 unspecified atom stereocenters. The smallest absolute Gasteiger partial charge is 0.327 e. The van der Waals surface area contributed by atoms with Crippen molar-refractivity contribution < 1.29 is 53.5 Å². The molecular weight excluding hydrogens is 506 g/mol. The molecule has 3 N–H and O–H groups in total. The monoisotopic (exact) mass is 520 g/mol. The minimum absolute atomic E-state index is 0.0776. The van der Waals surface area contributed by atoms with E-state index >= 15 is 0 Å². The van der Waals surface area contributed by atoms with Gasteiger partial charge in [0.15, 0.2) is 0 Å². The van der Waals surface area contributed by atoms with Gasteiger partial charge in [0.25, 0.3) is 5.91 Å². The Bertz CT molecular complexity index is 1090. The Kier molecular flexibility index (Phi) is 7.40. The number of amides is 2. The highest BCUT2D eigenvalue weighted by molar-refractivity contribution is 6.08. The summed E-state index contributed by atoms with van der Waals surface area (Å²) in [5.41, 5.74) is -13.6. The normalized spacial score (nSPS) is 15.2. The fourth-order valence-electron chi connectivity index (χ4n) is 3.10. The second kappa shape index (κ2) is 9.31. The van der Waals surface area contributed by atoms with Gasteiger partial charge < -0.3 is 5.32 Å². The summed E-state index contributed by atoms with van der Waals surface area (Å²) >= 11 is 0. The predicted octanol–water partition coefficient (Wildman–Crippen LogP) is 4.15. The third kappa shape index (κ3) is 5.31. The zero-order chi connectivity index (χ0) is 27.0. The Morgan fingerprint density at radius 1 is 1.06 bits per heavy atom. The molecule has 0 saturated heterocycles. The average molecular weight is 520 g/mol. The number of carbonyl (C=O) groups excluding carboxylic acids is 2. The maximum absolute atomic E-state index is 14.4. The lowest BCUT2D eigenvalue weighted by molar-refractivity contribution is -0.348. The number of hydrogen-bond acceptors (Lipinski definition) is 4. The van der Waals surface area contributed by atoms with E-state index in [1.807, 2.05) is 0 Å². The molecule has 0 saturated carbocycles. The molecule has 0 atom stereocenters. The Morgan fingerprint density at radius 3 is 2.11 bits per heavy atom. The quantitative estimate of drug-likeness (QED) is 0.201. The van der Waals surface area contributed by atoms with Crippen LogP contribution in [0.5, 0.6) is 0 Å². The zero-order valence-electron chi connectivity index (χ0n) is 17.2. The number of aryl methyl sites for hydroxylation is 1. The lowest BCUT2D eigenvalue weighted by Crippen LogP contribution is -2.50. The summed E-state index contributed by atoms with van der Waals surface area (Å²) < 4.78 is 134. The summed E-state index contributed by atoms with van der Waals surface area (Å²) in [7, 11) is 0. The van der Waals surface area contributed by atoms with Gasteiger partial charge in [0.05, 0.1) is 23.5 Å². The number of allylic oxidation sites excluding steroid dienone is 1. The Hall–Kier alpha value is -3.43. The van der Waals surface area contributed by atoms with Crippen molar-refractivity contribution in [2.75, 3.05) is 11.6 Å². The lowest BCUT2D eigenvalue weighted by Gasteiger charge is -2.32. The number of anilines is 1. The van der Waals surface area contributed by atoms with Gasteiger partial charge in [-0.15, -0.1) is 0 Å². The van der Waals surface area contributed by atoms with Gasteiger partial charge in [0.1, 0.15) is 0 Å². The Morgan fingerprint density at radius 2 is 1.63 bits per heavy atom. The standard InChI is InChI=1S/C19H14F10N4O2/c1-9-4-11(16(20,18(24,25)26)19(27,28)29)6-13(17(21,22)23)14(9)33(30)15(35)10-2-3-31-7-12(5-10)32-8-34/h2,4-8H,3,30H2,1H3,(H,32,34). The van der Waals surface area contributed by atoms with Crippen LogP contribution in [0.2, 0.25) is 0 Å². The van der Waals surface area contributed by atoms with Gasteiger partial charge in [-0.1, -0.05) is 12.1 Å². The minimum Gasteiger partial charge on any atom is -0.327 e. The molecule has 1 aromatic rings. The van der Waals surface area contributed by atoms with Gasteiger partial charge >= 0.3 is 24.2 Å². The number of hydrazine groups is 1. The summed E-state index contributed by atoms with van der Waals surface area (Å²) in [5, 5.41) is 1.97. The molecule has 6 nitrogen and oxygen atoms in total. The van der Waals surface area contributed by atoms with Gasteiger partial charge in [0.2, 0.25) is 6.41 Å². The van der Waals surface area contributed by atoms with E-state index in [9.17, 15) is 53.5 Å². The van der Waals surface area contributed by atoms with Gasteiger partial charge in [-0.05, 0) is 24.6 Å². The molecule has 0 radical (unpaired) electrons. The van der Waals surface area contributed by atoms with Crippen molar-refractivity contribution in [1.29, 1.82) is 0 Å². The SMILES string of the molecule is Cc1cc(C(F)(C(F)(F)F)C(F)(F)F)cc(C(F)(F)F)c1N(N)C(=O)C1=CCN=CC(NC=O)=C1. The maximum atomic E-state index is 14.4. The van der Waals surface area contributed by atoms with E-state index in [-0.39, 0.29) is 29.7 Å². The van der Waals surface area contributed by atoms with Crippen LogP contribution in [-0.4, -0.2) is 37.4 Å². The molecule has 0 bridgehead atoms. The van der Waals surface area contributed by atoms with Crippen molar-refractivity contribution in [1.82, 2.24) is 5.32 Å². The Balaban J connectivity index is 2.73. The molecule has 1 aliphatic heterocycles. The molecule has 16 heteroatoms. The summed E-state index contributed by atoms with van der Waals surface area (Å²) in [6.45, 7) is 0.426. The molecule has 1 aliphatic rings. The van der Waals surface area contributed by atoms with E-state index in [0.717, 1.165) is 18.4 Å². The largest absolute Gasteiger partial charge is 0.435 e. The summed E-state index contributed by atoms with van der Waals surface area (Å²) in [6.07, 6.45) is -15.7. The third-order valence-corrected chi connectivity index (χ3v) is 4.68. The van der Waals surface area contributed by atoms with Crippen molar-refractivity contribution in [3.05, 3.63) is 52.2 Å². The number of rotatable bonds is 5. The molecule has 35 heavy (non-hydrogen) atoms. The van der Waals surface area contributed by atoms with Crippen LogP contribution in [0.3, 0.4) is 0 Å². The van der Waals surface area contributed by atoms with E-state index in [1.54, 1.807) is 0 Å². The second-order valence-corrected chi connectivity index (χ2v) is 7.03. The van der Waals surface area contributed by atoms with Gasteiger partial charge in [-0.25, -0.2) is 15.2 Å². The van der Waals surface area contributed by atoms with Crippen molar-refractivity contribution in [3.63, 3.8) is 0 Å². The van der Waals surface area contributed by atoms with Gasteiger partial charge in [0, 0.05) is 17.4 Å². The van der Waals surface area contributed by atoms with Gasteiger partial charge in [-0.2, -0.15) is 39.5 Å². The average Bonchev–Trinajstić information content (AvgIpc) is 2.95. The summed E-state index contributed by atoms with van der Waals surface area (Å²) in [4.78, 5) is 27.1. The third-order valence-electron chi connectivity index (χ3n) is 4.68.